The number of amides is 1. The first-order valence-corrected chi connectivity index (χ1v) is 6.12. The number of hydrogen-bond donors (Lipinski definition) is 2. The molecule has 98 valence electrons. The quantitative estimate of drug-likeness (QED) is 0.803. The zero-order valence-corrected chi connectivity index (χ0v) is 11.6. The van der Waals surface area contributed by atoms with Crippen LogP contribution in [0.2, 0.25) is 0 Å². The van der Waals surface area contributed by atoms with Crippen LogP contribution in [0.15, 0.2) is 18.2 Å². The molecule has 0 fully saturated rings. The summed E-state index contributed by atoms with van der Waals surface area (Å²) in [6.07, 6.45) is 0.472. The van der Waals surface area contributed by atoms with Gasteiger partial charge in [-0.2, -0.15) is 0 Å². The minimum Gasteiger partial charge on any atom is -0.495 e. The number of carbonyl (C=O) groups is 1. The summed E-state index contributed by atoms with van der Waals surface area (Å²) >= 11 is 4.89. The van der Waals surface area contributed by atoms with Gasteiger partial charge in [0.2, 0.25) is 5.91 Å². The Morgan fingerprint density at radius 3 is 2.67 bits per heavy atom. The van der Waals surface area contributed by atoms with E-state index in [1.54, 1.807) is 18.2 Å². The van der Waals surface area contributed by atoms with Gasteiger partial charge in [0.25, 0.3) is 0 Å². The van der Waals surface area contributed by atoms with Crippen molar-refractivity contribution in [3.05, 3.63) is 23.8 Å². The Labute approximate surface area is 113 Å². The maximum Gasteiger partial charge on any atom is 0.224 e. The molecule has 1 aromatic rings. The van der Waals surface area contributed by atoms with Gasteiger partial charge in [0.1, 0.15) is 10.7 Å². The van der Waals surface area contributed by atoms with Gasteiger partial charge >= 0.3 is 0 Å². The van der Waals surface area contributed by atoms with Gasteiger partial charge in [-0.15, -0.1) is 0 Å². The van der Waals surface area contributed by atoms with E-state index in [4.69, 9.17) is 22.7 Å². The normalized spacial score (nSPS) is 10.2. The van der Waals surface area contributed by atoms with Crippen molar-refractivity contribution < 1.29 is 9.53 Å². The highest BCUT2D eigenvalue weighted by atomic mass is 32.1. The van der Waals surface area contributed by atoms with E-state index in [9.17, 15) is 4.79 Å². The number of nitrogens with two attached hydrogens (primary N) is 1. The van der Waals surface area contributed by atoms with E-state index in [1.807, 2.05) is 13.8 Å². The average Bonchev–Trinajstić information content (AvgIpc) is 2.27. The molecule has 0 unspecified atom stereocenters. The number of carbonyl (C=O) groups excluding carboxylic acids is 1. The minimum absolute atomic E-state index is 0.0358. The third-order valence-corrected chi connectivity index (χ3v) is 2.59. The summed E-state index contributed by atoms with van der Waals surface area (Å²) in [6.45, 7) is 3.99. The molecule has 0 atom stereocenters. The van der Waals surface area contributed by atoms with Crippen molar-refractivity contribution >= 4 is 28.8 Å². The van der Waals surface area contributed by atoms with Gasteiger partial charge in [-0.05, 0) is 24.1 Å². The lowest BCUT2D eigenvalue weighted by molar-refractivity contribution is -0.116. The molecule has 1 rings (SSSR count). The molecule has 1 aromatic carbocycles. The van der Waals surface area contributed by atoms with Crippen molar-refractivity contribution in [1.29, 1.82) is 0 Å². The lowest BCUT2D eigenvalue weighted by Crippen LogP contribution is -2.15. The monoisotopic (exact) mass is 266 g/mol. The van der Waals surface area contributed by atoms with Crippen molar-refractivity contribution in [1.82, 2.24) is 0 Å². The van der Waals surface area contributed by atoms with Gasteiger partial charge in [0, 0.05) is 12.0 Å². The molecule has 0 aliphatic rings. The van der Waals surface area contributed by atoms with Crippen LogP contribution in [0.5, 0.6) is 5.75 Å². The van der Waals surface area contributed by atoms with Gasteiger partial charge in [0.05, 0.1) is 12.8 Å². The molecular formula is C13H18N2O2S. The first kappa shape index (κ1) is 14.4. The predicted molar refractivity (Wildman–Crippen MR) is 77.0 cm³/mol. The van der Waals surface area contributed by atoms with Crippen LogP contribution in [0.3, 0.4) is 0 Å². The van der Waals surface area contributed by atoms with Gasteiger partial charge in [-0.3, -0.25) is 4.79 Å². The zero-order chi connectivity index (χ0) is 13.7. The maximum absolute atomic E-state index is 11.7. The maximum atomic E-state index is 11.7. The molecule has 0 saturated heterocycles. The molecule has 1 amide bonds. The molecule has 0 spiro atoms. The van der Waals surface area contributed by atoms with Gasteiger partial charge in [0.15, 0.2) is 0 Å². The molecule has 18 heavy (non-hydrogen) atoms. The van der Waals surface area contributed by atoms with Crippen molar-refractivity contribution in [2.45, 2.75) is 20.3 Å². The summed E-state index contributed by atoms with van der Waals surface area (Å²) in [5, 5.41) is 2.81. The summed E-state index contributed by atoms with van der Waals surface area (Å²) < 4.78 is 5.21. The molecule has 0 aliphatic carbocycles. The van der Waals surface area contributed by atoms with E-state index in [-0.39, 0.29) is 5.91 Å². The molecule has 0 heterocycles. The van der Waals surface area contributed by atoms with E-state index in [0.29, 0.717) is 34.3 Å². The topological polar surface area (TPSA) is 64.3 Å². The third-order valence-electron chi connectivity index (χ3n) is 2.35. The Kier molecular flexibility index (Phi) is 5.09. The largest absolute Gasteiger partial charge is 0.495 e. The summed E-state index contributed by atoms with van der Waals surface area (Å²) in [7, 11) is 1.54. The van der Waals surface area contributed by atoms with Crippen LogP contribution < -0.4 is 15.8 Å². The first-order valence-electron chi connectivity index (χ1n) is 5.71. The number of rotatable bonds is 5. The van der Waals surface area contributed by atoms with Crippen LogP contribution in [0.4, 0.5) is 5.69 Å². The fourth-order valence-electron chi connectivity index (χ4n) is 1.52. The van der Waals surface area contributed by atoms with E-state index in [1.165, 1.54) is 7.11 Å². The highest BCUT2D eigenvalue weighted by Gasteiger charge is 2.10. The fraction of sp³-hybridized carbons (Fsp3) is 0.385. The highest BCUT2D eigenvalue weighted by molar-refractivity contribution is 7.80. The lowest BCUT2D eigenvalue weighted by Gasteiger charge is -2.12. The second-order valence-corrected chi connectivity index (χ2v) is 4.87. The van der Waals surface area contributed by atoms with Crippen molar-refractivity contribution in [2.75, 3.05) is 12.4 Å². The molecule has 0 aliphatic heterocycles. The van der Waals surface area contributed by atoms with E-state index >= 15 is 0 Å². The molecule has 5 heteroatoms. The number of benzene rings is 1. The van der Waals surface area contributed by atoms with E-state index in [2.05, 4.69) is 5.32 Å². The third kappa shape index (κ3) is 4.00. The second-order valence-electron chi connectivity index (χ2n) is 4.43. The number of hydrogen-bond acceptors (Lipinski definition) is 3. The van der Waals surface area contributed by atoms with Gasteiger partial charge in [-0.1, -0.05) is 26.1 Å². The van der Waals surface area contributed by atoms with Crippen LogP contribution in [0.1, 0.15) is 25.8 Å². The molecule has 0 bridgehead atoms. The number of methoxy groups -OCH3 is 1. The number of ether oxygens (including phenoxy) is 1. The summed E-state index contributed by atoms with van der Waals surface area (Å²) in [6, 6.07) is 5.22. The minimum atomic E-state index is -0.0358. The Morgan fingerprint density at radius 1 is 1.50 bits per heavy atom. The average molecular weight is 266 g/mol. The van der Waals surface area contributed by atoms with Gasteiger partial charge in [-0.25, -0.2) is 0 Å². The van der Waals surface area contributed by atoms with E-state index < -0.39 is 0 Å². The Morgan fingerprint density at radius 2 is 2.17 bits per heavy atom. The zero-order valence-electron chi connectivity index (χ0n) is 10.8. The number of nitrogens with one attached hydrogen (secondary N) is 1. The Balaban J connectivity index is 2.89. The van der Waals surface area contributed by atoms with Gasteiger partial charge < -0.3 is 15.8 Å². The number of anilines is 1. The Bertz CT molecular complexity index is 458. The summed E-state index contributed by atoms with van der Waals surface area (Å²) in [5.74, 6) is 0.829. The van der Waals surface area contributed by atoms with Crippen molar-refractivity contribution in [3.63, 3.8) is 0 Å². The first-order chi connectivity index (χ1) is 8.43. The van der Waals surface area contributed by atoms with Crippen LogP contribution in [0, 0.1) is 5.92 Å². The molecule has 0 saturated carbocycles. The molecule has 4 nitrogen and oxygen atoms in total. The van der Waals surface area contributed by atoms with Crippen LogP contribution in [-0.2, 0) is 4.79 Å². The smallest absolute Gasteiger partial charge is 0.224 e. The van der Waals surface area contributed by atoms with Crippen LogP contribution in [-0.4, -0.2) is 18.0 Å². The molecule has 3 N–H and O–H groups in total. The molecular weight excluding hydrogens is 248 g/mol. The molecule has 0 radical (unpaired) electrons. The summed E-state index contributed by atoms with van der Waals surface area (Å²) in [5.41, 5.74) is 6.88. The van der Waals surface area contributed by atoms with Crippen molar-refractivity contribution in [3.8, 4) is 5.75 Å². The Hall–Kier alpha value is -1.62. The lowest BCUT2D eigenvalue weighted by atomic mass is 10.1. The standard InChI is InChI=1S/C13H18N2O2S/c1-8(2)6-12(16)15-10-5-4-9(13(14)18)7-11(10)17-3/h4-5,7-8H,6H2,1-3H3,(H2,14,18)(H,15,16). The summed E-state index contributed by atoms with van der Waals surface area (Å²) in [4.78, 5) is 12.0. The number of thiocarbonyl (C=S) groups is 1. The predicted octanol–water partition coefficient (Wildman–Crippen LogP) is 2.31. The SMILES string of the molecule is COc1cc(C(N)=S)ccc1NC(=O)CC(C)C. The van der Waals surface area contributed by atoms with Crippen molar-refractivity contribution in [2.24, 2.45) is 11.7 Å². The highest BCUT2D eigenvalue weighted by Crippen LogP contribution is 2.26. The molecule has 0 aromatic heterocycles. The van der Waals surface area contributed by atoms with E-state index in [0.717, 1.165) is 0 Å². The van der Waals surface area contributed by atoms with Crippen LogP contribution in [0.25, 0.3) is 0 Å². The second kappa shape index (κ2) is 6.35. The van der Waals surface area contributed by atoms with Crippen LogP contribution >= 0.6 is 12.2 Å². The fourth-order valence-corrected chi connectivity index (χ4v) is 1.65.